The molecule has 0 bridgehead atoms. The smallest absolute Gasteiger partial charge is 0.230 e. The first-order valence-corrected chi connectivity index (χ1v) is 12.6. The molecule has 1 aliphatic rings. The maximum absolute atomic E-state index is 11.0. The first-order valence-electron chi connectivity index (χ1n) is 12.6. The zero-order valence-corrected chi connectivity index (χ0v) is 21.7. The molecule has 5 nitrogen and oxygen atoms in total. The van der Waals surface area contributed by atoms with Gasteiger partial charge in [-0.3, -0.25) is 0 Å². The van der Waals surface area contributed by atoms with Crippen LogP contribution >= 0.6 is 0 Å². The third-order valence-electron chi connectivity index (χ3n) is 6.80. The van der Waals surface area contributed by atoms with Crippen LogP contribution in [0.1, 0.15) is 77.5 Å². The summed E-state index contributed by atoms with van der Waals surface area (Å²) in [6.45, 7) is 17.1. The maximum atomic E-state index is 11.0. The molecule has 0 saturated carbocycles. The second-order valence-corrected chi connectivity index (χ2v) is 11.7. The fourth-order valence-corrected chi connectivity index (χ4v) is 4.81. The number of hydrogen-bond acceptors (Lipinski definition) is 4. The highest BCUT2D eigenvalue weighted by Crippen LogP contribution is 2.39. The Kier molecular flexibility index (Phi) is 6.86. The van der Waals surface area contributed by atoms with Gasteiger partial charge in [0.15, 0.2) is 0 Å². The van der Waals surface area contributed by atoms with Crippen molar-refractivity contribution in [1.82, 2.24) is 14.5 Å². The van der Waals surface area contributed by atoms with E-state index in [4.69, 9.17) is 9.98 Å². The zero-order valence-electron chi connectivity index (χ0n) is 21.7. The number of para-hydroxylation sites is 2. The standard InChI is InChI=1S/C29H40N4O/c1-28(2,3)22-18-21(19-23(26(22)34)29(4,5)6)20-30-27-31-24-12-8-9-13-25(24)33(27)17-16-32-14-10-7-11-15-32/h8-9,12-13,18-20,34H,7,10-11,14-17H2,1-6H3. The van der Waals surface area contributed by atoms with E-state index >= 15 is 0 Å². The number of piperidine rings is 1. The van der Waals surface area contributed by atoms with Gasteiger partial charge in [-0.2, -0.15) is 0 Å². The van der Waals surface area contributed by atoms with Crippen LogP contribution in [-0.4, -0.2) is 45.4 Å². The van der Waals surface area contributed by atoms with Gasteiger partial charge in [0.05, 0.1) is 11.0 Å². The first-order chi connectivity index (χ1) is 16.0. The molecule has 2 heterocycles. The highest BCUT2D eigenvalue weighted by molar-refractivity contribution is 5.85. The Morgan fingerprint density at radius 1 is 0.912 bits per heavy atom. The van der Waals surface area contributed by atoms with Gasteiger partial charge in [-0.15, -0.1) is 0 Å². The Morgan fingerprint density at radius 2 is 1.53 bits per heavy atom. The molecule has 34 heavy (non-hydrogen) atoms. The third kappa shape index (κ3) is 5.35. The molecule has 1 aromatic heterocycles. The van der Waals surface area contributed by atoms with E-state index < -0.39 is 0 Å². The number of phenols is 1. The van der Waals surface area contributed by atoms with Gasteiger partial charge in [0.1, 0.15) is 5.75 Å². The lowest BCUT2D eigenvalue weighted by molar-refractivity contribution is 0.222. The second kappa shape index (κ2) is 9.53. The van der Waals surface area contributed by atoms with Crippen LogP contribution in [0.4, 0.5) is 5.95 Å². The summed E-state index contributed by atoms with van der Waals surface area (Å²) in [5.41, 5.74) is 4.64. The third-order valence-corrected chi connectivity index (χ3v) is 6.80. The van der Waals surface area contributed by atoms with Gasteiger partial charge in [0.25, 0.3) is 0 Å². The number of rotatable bonds is 5. The van der Waals surface area contributed by atoms with Crippen LogP contribution in [0.5, 0.6) is 5.75 Å². The summed E-state index contributed by atoms with van der Waals surface area (Å²) in [6.07, 6.45) is 5.84. The average molecular weight is 461 g/mol. The highest BCUT2D eigenvalue weighted by atomic mass is 16.3. The molecule has 4 rings (SSSR count). The molecule has 0 unspecified atom stereocenters. The predicted molar refractivity (Wildman–Crippen MR) is 143 cm³/mol. The van der Waals surface area contributed by atoms with Crippen LogP contribution in [-0.2, 0) is 17.4 Å². The average Bonchev–Trinajstić information content (AvgIpc) is 3.13. The number of benzene rings is 2. The predicted octanol–water partition coefficient (Wildman–Crippen LogP) is 6.57. The minimum atomic E-state index is -0.171. The molecule has 1 aliphatic heterocycles. The summed E-state index contributed by atoms with van der Waals surface area (Å²) in [6, 6.07) is 12.4. The molecule has 1 saturated heterocycles. The molecule has 3 aromatic rings. The number of aromatic nitrogens is 2. The van der Waals surface area contributed by atoms with Crippen molar-refractivity contribution >= 4 is 23.2 Å². The Morgan fingerprint density at radius 3 is 2.15 bits per heavy atom. The Labute approximate surface area is 204 Å². The van der Waals surface area contributed by atoms with E-state index in [1.54, 1.807) is 0 Å². The van der Waals surface area contributed by atoms with E-state index in [1.807, 2.05) is 12.3 Å². The van der Waals surface area contributed by atoms with Crippen molar-refractivity contribution in [2.24, 2.45) is 4.99 Å². The molecule has 0 spiro atoms. The molecular weight excluding hydrogens is 420 g/mol. The lowest BCUT2D eigenvalue weighted by Gasteiger charge is -2.27. The van der Waals surface area contributed by atoms with Crippen molar-refractivity contribution in [3.8, 4) is 5.75 Å². The number of fused-ring (bicyclic) bond motifs is 1. The summed E-state index contributed by atoms with van der Waals surface area (Å²) in [5, 5.41) is 11.0. The second-order valence-electron chi connectivity index (χ2n) is 11.7. The molecule has 182 valence electrons. The van der Waals surface area contributed by atoms with Gasteiger partial charge >= 0.3 is 0 Å². The van der Waals surface area contributed by atoms with Crippen LogP contribution in [0.3, 0.4) is 0 Å². The summed E-state index contributed by atoms with van der Waals surface area (Å²) in [7, 11) is 0. The van der Waals surface area contributed by atoms with Gasteiger partial charge in [0, 0.05) is 30.4 Å². The van der Waals surface area contributed by atoms with Gasteiger partial charge in [-0.1, -0.05) is 60.1 Å². The number of phenolic OH excluding ortho intramolecular Hbond substituents is 1. The van der Waals surface area contributed by atoms with E-state index in [0.29, 0.717) is 5.75 Å². The molecule has 2 aromatic carbocycles. The van der Waals surface area contributed by atoms with Gasteiger partial charge in [0.2, 0.25) is 5.95 Å². The maximum Gasteiger partial charge on any atom is 0.230 e. The van der Waals surface area contributed by atoms with E-state index in [2.05, 4.69) is 81.3 Å². The van der Waals surface area contributed by atoms with Crippen LogP contribution in [0.25, 0.3) is 11.0 Å². The highest BCUT2D eigenvalue weighted by Gasteiger charge is 2.26. The normalized spacial score (nSPS) is 16.1. The number of hydrogen-bond donors (Lipinski definition) is 1. The minimum Gasteiger partial charge on any atom is -0.507 e. The monoisotopic (exact) mass is 460 g/mol. The Bertz CT molecular complexity index is 1140. The van der Waals surface area contributed by atoms with E-state index in [1.165, 1.54) is 32.4 Å². The molecule has 0 amide bonds. The van der Waals surface area contributed by atoms with E-state index in [9.17, 15) is 5.11 Å². The van der Waals surface area contributed by atoms with Crippen molar-refractivity contribution < 1.29 is 5.11 Å². The molecule has 1 N–H and O–H groups in total. The van der Waals surface area contributed by atoms with E-state index in [0.717, 1.165) is 46.8 Å². The van der Waals surface area contributed by atoms with Crippen molar-refractivity contribution in [2.75, 3.05) is 19.6 Å². The molecule has 0 aliphatic carbocycles. The lowest BCUT2D eigenvalue weighted by atomic mass is 9.78. The van der Waals surface area contributed by atoms with E-state index in [-0.39, 0.29) is 10.8 Å². The topological polar surface area (TPSA) is 53.7 Å². The minimum absolute atomic E-state index is 0.171. The largest absolute Gasteiger partial charge is 0.507 e. The number of imidazole rings is 1. The fraction of sp³-hybridized carbons (Fsp3) is 0.517. The number of likely N-dealkylation sites (tertiary alicyclic amines) is 1. The summed E-state index contributed by atoms with van der Waals surface area (Å²) >= 11 is 0. The quantitative estimate of drug-likeness (QED) is 0.438. The van der Waals surface area contributed by atoms with Crippen LogP contribution < -0.4 is 0 Å². The van der Waals surface area contributed by atoms with Crippen LogP contribution in [0.2, 0.25) is 0 Å². The van der Waals surface area contributed by atoms with Crippen LogP contribution in [0, 0.1) is 0 Å². The molecular formula is C29H40N4O. The van der Waals surface area contributed by atoms with Gasteiger partial charge in [-0.25, -0.2) is 9.98 Å². The molecule has 0 atom stereocenters. The number of aliphatic imine (C=N–C) groups is 1. The number of aromatic hydroxyl groups is 1. The molecule has 1 fully saturated rings. The van der Waals surface area contributed by atoms with Crippen LogP contribution in [0.15, 0.2) is 41.4 Å². The fourth-order valence-electron chi connectivity index (χ4n) is 4.81. The van der Waals surface area contributed by atoms with Crippen molar-refractivity contribution in [3.63, 3.8) is 0 Å². The Balaban J connectivity index is 1.71. The first kappa shape index (κ1) is 24.5. The van der Waals surface area contributed by atoms with Crippen molar-refractivity contribution in [1.29, 1.82) is 0 Å². The summed E-state index contributed by atoms with van der Waals surface area (Å²) in [4.78, 5) is 12.3. The lowest BCUT2D eigenvalue weighted by Crippen LogP contribution is -2.32. The van der Waals surface area contributed by atoms with Gasteiger partial charge < -0.3 is 14.6 Å². The number of nitrogens with zero attached hydrogens (tertiary/aromatic N) is 4. The zero-order chi connectivity index (χ0) is 24.5. The summed E-state index contributed by atoms with van der Waals surface area (Å²) < 4.78 is 2.25. The molecule has 5 heteroatoms. The Hall–Kier alpha value is -2.66. The van der Waals surface area contributed by atoms with Gasteiger partial charge in [-0.05, 0) is 66.6 Å². The molecule has 0 radical (unpaired) electrons. The SMILES string of the molecule is CC(C)(C)c1cc(C=Nc2nc3ccccc3n2CCN2CCCCC2)cc(C(C)(C)C)c1O. The summed E-state index contributed by atoms with van der Waals surface area (Å²) in [5.74, 6) is 1.13. The van der Waals surface area contributed by atoms with Crippen molar-refractivity contribution in [2.45, 2.75) is 78.2 Å². The van der Waals surface area contributed by atoms with Crippen molar-refractivity contribution in [3.05, 3.63) is 53.1 Å².